The number of ketones is 1. The van der Waals surface area contributed by atoms with Crippen LogP contribution in [0.3, 0.4) is 0 Å². The van der Waals surface area contributed by atoms with Crippen LogP contribution in [0.2, 0.25) is 0 Å². The number of hydrogen-bond donors (Lipinski definition) is 0. The van der Waals surface area contributed by atoms with Gasteiger partial charge in [0.25, 0.3) is 0 Å². The van der Waals surface area contributed by atoms with Crippen molar-refractivity contribution < 1.29 is 18.7 Å². The number of likely N-dealkylation sites (tertiary alicyclic amines) is 1. The Morgan fingerprint density at radius 2 is 1.94 bits per heavy atom. The fraction of sp³-hybridized carbons (Fsp3) is 0.370. The van der Waals surface area contributed by atoms with Crippen molar-refractivity contribution in [2.24, 2.45) is 15.4 Å². The van der Waals surface area contributed by atoms with E-state index in [1.54, 1.807) is 34.8 Å². The highest BCUT2D eigenvalue weighted by molar-refractivity contribution is 6.42. The third-order valence-corrected chi connectivity index (χ3v) is 6.34. The standard InChI is InChI=1S/C27H30FN5O3/c1-18(30-12-11-29-5)24(34)27-15-19-16-31-33(22-8-6-21(28)7-9-22)23(19)14-20(27)10-13-32(17-27)25(35)36-26(2,3)4/h6-9,11-12,14,16H,5,10,13,15,17H2,1-4H3/b12-11-,30-18?/t27-/m0/s1. The van der Waals surface area contributed by atoms with E-state index in [0.717, 1.165) is 22.5 Å². The van der Waals surface area contributed by atoms with Crippen molar-refractivity contribution in [2.45, 2.75) is 46.1 Å². The summed E-state index contributed by atoms with van der Waals surface area (Å²) in [5.74, 6) is -0.497. The summed E-state index contributed by atoms with van der Waals surface area (Å²) < 4.78 is 20.8. The predicted molar refractivity (Wildman–Crippen MR) is 137 cm³/mol. The molecule has 1 aliphatic heterocycles. The van der Waals surface area contributed by atoms with Gasteiger partial charge in [0.05, 0.1) is 28.7 Å². The van der Waals surface area contributed by atoms with E-state index in [1.807, 2.05) is 26.8 Å². The topological polar surface area (TPSA) is 89.2 Å². The van der Waals surface area contributed by atoms with E-state index in [4.69, 9.17) is 4.74 Å². The third kappa shape index (κ3) is 4.91. The number of piperidine rings is 1. The number of hydrogen-bond acceptors (Lipinski definition) is 6. The van der Waals surface area contributed by atoms with Gasteiger partial charge in [-0.2, -0.15) is 5.10 Å². The van der Waals surface area contributed by atoms with Crippen LogP contribution < -0.4 is 0 Å². The number of halogens is 1. The molecule has 0 bridgehead atoms. The first kappa shape index (κ1) is 25.2. The molecule has 8 nitrogen and oxygen atoms in total. The average molecular weight is 492 g/mol. The molecule has 0 N–H and O–H groups in total. The zero-order valence-electron chi connectivity index (χ0n) is 21.0. The smallest absolute Gasteiger partial charge is 0.410 e. The number of benzene rings is 1. The summed E-state index contributed by atoms with van der Waals surface area (Å²) in [6.07, 6.45) is 6.93. The molecule has 1 aliphatic carbocycles. The number of Topliss-reactive ketones (excluding diaryl/α,β-unsaturated/α-hetero) is 1. The minimum atomic E-state index is -0.998. The van der Waals surface area contributed by atoms with Crippen molar-refractivity contribution in [1.29, 1.82) is 0 Å². The first-order chi connectivity index (χ1) is 17.0. The summed E-state index contributed by atoms with van der Waals surface area (Å²) in [4.78, 5) is 36.4. The quantitative estimate of drug-likeness (QED) is 0.563. The van der Waals surface area contributed by atoms with Crippen LogP contribution in [0.4, 0.5) is 9.18 Å². The monoisotopic (exact) mass is 491 g/mol. The average Bonchev–Trinajstić information content (AvgIpc) is 3.23. The van der Waals surface area contributed by atoms with Gasteiger partial charge in [0.2, 0.25) is 0 Å². The van der Waals surface area contributed by atoms with Crippen LogP contribution in [0.5, 0.6) is 0 Å². The lowest BCUT2D eigenvalue weighted by Crippen LogP contribution is -2.55. The van der Waals surface area contributed by atoms with E-state index in [2.05, 4.69) is 21.8 Å². The lowest BCUT2D eigenvalue weighted by molar-refractivity contribution is -0.121. The van der Waals surface area contributed by atoms with Crippen molar-refractivity contribution in [3.63, 3.8) is 0 Å². The van der Waals surface area contributed by atoms with Gasteiger partial charge in [0.15, 0.2) is 5.78 Å². The Labute approximate surface area is 209 Å². The molecule has 1 amide bonds. The van der Waals surface area contributed by atoms with Crippen molar-refractivity contribution >= 4 is 30.4 Å². The minimum Gasteiger partial charge on any atom is -0.444 e. The van der Waals surface area contributed by atoms with E-state index in [0.29, 0.717) is 25.1 Å². The molecule has 2 aliphatic rings. The van der Waals surface area contributed by atoms with E-state index < -0.39 is 17.1 Å². The number of ether oxygens (including phenoxy) is 1. The zero-order valence-corrected chi connectivity index (χ0v) is 21.0. The van der Waals surface area contributed by atoms with Crippen LogP contribution in [-0.4, -0.2) is 57.7 Å². The highest BCUT2D eigenvalue weighted by Crippen LogP contribution is 2.45. The molecule has 188 valence electrons. The number of fused-ring (bicyclic) bond motifs is 2. The molecule has 0 saturated carbocycles. The molecule has 36 heavy (non-hydrogen) atoms. The van der Waals surface area contributed by atoms with E-state index in [-0.39, 0.29) is 18.1 Å². The molecule has 9 heteroatoms. The summed E-state index contributed by atoms with van der Waals surface area (Å²) >= 11 is 0. The molecule has 0 unspecified atom stereocenters. The van der Waals surface area contributed by atoms with Crippen molar-refractivity contribution in [2.75, 3.05) is 13.1 Å². The SMILES string of the molecule is C=N/C=C\N=C(C)C(=O)[C@]12Cc3cnn(-c4ccc(F)cc4)c3C=C1CCN(C(=O)OC(C)(C)C)C2. The fourth-order valence-electron chi connectivity index (χ4n) is 4.72. The van der Waals surface area contributed by atoms with Crippen LogP contribution in [-0.2, 0) is 16.0 Å². The van der Waals surface area contributed by atoms with Crippen molar-refractivity contribution in [3.05, 3.63) is 65.5 Å². The van der Waals surface area contributed by atoms with Crippen molar-refractivity contribution in [3.8, 4) is 5.69 Å². The molecule has 1 aromatic carbocycles. The predicted octanol–water partition coefficient (Wildman–Crippen LogP) is 4.78. The Morgan fingerprint density at radius 3 is 2.61 bits per heavy atom. The van der Waals surface area contributed by atoms with Crippen LogP contribution in [0.1, 0.15) is 45.4 Å². The Bertz CT molecular complexity index is 1280. The summed E-state index contributed by atoms with van der Waals surface area (Å²) in [6.45, 7) is 11.1. The lowest BCUT2D eigenvalue weighted by atomic mass is 9.65. The maximum atomic E-state index is 13.9. The highest BCUT2D eigenvalue weighted by atomic mass is 19.1. The number of nitrogens with zero attached hydrogens (tertiary/aromatic N) is 5. The number of amides is 1. The third-order valence-electron chi connectivity index (χ3n) is 6.34. The van der Waals surface area contributed by atoms with Gasteiger partial charge in [-0.05, 0) is 83.2 Å². The van der Waals surface area contributed by atoms with Crippen LogP contribution in [0.25, 0.3) is 11.8 Å². The van der Waals surface area contributed by atoms with Crippen LogP contribution >= 0.6 is 0 Å². The normalized spacial score (nSPS) is 20.0. The summed E-state index contributed by atoms with van der Waals surface area (Å²) in [5.41, 5.74) is 1.99. The Kier molecular flexibility index (Phi) is 6.75. The van der Waals surface area contributed by atoms with Crippen LogP contribution in [0, 0.1) is 11.2 Å². The molecular formula is C27H30FN5O3. The van der Waals surface area contributed by atoms with Gasteiger partial charge in [-0.15, -0.1) is 0 Å². The fourth-order valence-corrected chi connectivity index (χ4v) is 4.72. The summed E-state index contributed by atoms with van der Waals surface area (Å²) in [7, 11) is 0. The minimum absolute atomic E-state index is 0.170. The number of aliphatic imine (C=N–C) groups is 2. The molecule has 2 aromatic rings. The zero-order chi connectivity index (χ0) is 26.1. The van der Waals surface area contributed by atoms with Gasteiger partial charge in [-0.25, -0.2) is 13.9 Å². The molecule has 1 atom stereocenters. The highest BCUT2D eigenvalue weighted by Gasteiger charge is 2.50. The second-order valence-electron chi connectivity index (χ2n) is 10.0. The van der Waals surface area contributed by atoms with E-state index >= 15 is 0 Å². The molecule has 0 radical (unpaired) electrons. The van der Waals surface area contributed by atoms with Gasteiger partial charge in [-0.3, -0.25) is 14.8 Å². The first-order valence-electron chi connectivity index (χ1n) is 11.8. The molecule has 0 spiro atoms. The maximum Gasteiger partial charge on any atom is 0.410 e. The maximum absolute atomic E-state index is 13.9. The van der Waals surface area contributed by atoms with E-state index in [9.17, 15) is 14.0 Å². The van der Waals surface area contributed by atoms with Gasteiger partial charge in [-0.1, -0.05) is 5.57 Å². The molecule has 1 saturated heterocycles. The van der Waals surface area contributed by atoms with Gasteiger partial charge >= 0.3 is 6.09 Å². The number of carbonyl (C=O) groups is 2. The molecular weight excluding hydrogens is 461 g/mol. The Morgan fingerprint density at radius 1 is 1.22 bits per heavy atom. The van der Waals surface area contributed by atoms with E-state index in [1.165, 1.54) is 24.5 Å². The van der Waals surface area contributed by atoms with Gasteiger partial charge < -0.3 is 9.64 Å². The molecule has 4 rings (SSSR count). The van der Waals surface area contributed by atoms with Crippen molar-refractivity contribution in [1.82, 2.24) is 14.7 Å². The van der Waals surface area contributed by atoms with Gasteiger partial charge in [0, 0.05) is 25.5 Å². The first-order valence-corrected chi connectivity index (χ1v) is 11.8. The second kappa shape index (κ2) is 9.64. The lowest BCUT2D eigenvalue weighted by Gasteiger charge is -2.45. The second-order valence-corrected chi connectivity index (χ2v) is 10.0. The number of rotatable bonds is 5. The van der Waals surface area contributed by atoms with Crippen LogP contribution in [0.15, 0.2) is 58.4 Å². The summed E-state index contributed by atoms with van der Waals surface area (Å²) in [6, 6.07) is 6.10. The molecule has 1 aromatic heterocycles. The largest absolute Gasteiger partial charge is 0.444 e. The summed E-state index contributed by atoms with van der Waals surface area (Å²) in [5, 5.41) is 4.53. The number of aromatic nitrogens is 2. The Hall–Kier alpha value is -3.88. The molecule has 2 heterocycles. The molecule has 1 fully saturated rings. The number of carbonyl (C=O) groups excluding carboxylic acids is 2. The van der Waals surface area contributed by atoms with Gasteiger partial charge in [0.1, 0.15) is 11.4 Å². The Balaban J connectivity index is 1.76.